The Morgan fingerprint density at radius 2 is 2.27 bits per heavy atom. The van der Waals surface area contributed by atoms with E-state index in [1.807, 2.05) is 0 Å². The average Bonchev–Trinajstić information content (AvgIpc) is 2.06. The number of aromatic amines is 1. The fourth-order valence-electron chi connectivity index (χ4n) is 0.916. The summed E-state index contributed by atoms with van der Waals surface area (Å²) in [5.74, 6) is 0. The molecular formula is C7H5N3O. The summed E-state index contributed by atoms with van der Waals surface area (Å²) in [5, 5.41) is 7.29. The Bertz CT molecular complexity index is 429. The molecular weight excluding hydrogens is 142 g/mol. The Hall–Kier alpha value is -1.71. The van der Waals surface area contributed by atoms with Gasteiger partial charge in [-0.2, -0.15) is 5.10 Å². The summed E-state index contributed by atoms with van der Waals surface area (Å²) in [5.41, 5.74) is 0.995. The van der Waals surface area contributed by atoms with Crippen molar-refractivity contribution < 1.29 is 0 Å². The van der Waals surface area contributed by atoms with Gasteiger partial charge in [-0.15, -0.1) is 5.10 Å². The van der Waals surface area contributed by atoms with Crippen LogP contribution in [0.2, 0.25) is 0 Å². The maximum absolute atomic E-state index is 11.1. The molecule has 0 aliphatic rings. The van der Waals surface area contributed by atoms with E-state index in [0.29, 0.717) is 11.0 Å². The monoisotopic (exact) mass is 147 g/mol. The molecule has 1 N–H and O–H groups in total. The number of pyridine rings is 1. The van der Waals surface area contributed by atoms with Gasteiger partial charge in [-0.1, -0.05) is 0 Å². The van der Waals surface area contributed by atoms with Crippen molar-refractivity contribution in [2.75, 3.05) is 0 Å². The molecule has 0 saturated carbocycles. The molecule has 0 saturated heterocycles. The highest BCUT2D eigenvalue weighted by Crippen LogP contribution is 1.97. The van der Waals surface area contributed by atoms with Crippen LogP contribution in [0.15, 0.2) is 29.3 Å². The quantitative estimate of drug-likeness (QED) is 0.583. The van der Waals surface area contributed by atoms with Gasteiger partial charge in [-0.25, -0.2) is 0 Å². The second-order valence-electron chi connectivity index (χ2n) is 2.14. The zero-order chi connectivity index (χ0) is 7.68. The van der Waals surface area contributed by atoms with Crippen molar-refractivity contribution in [3.05, 3.63) is 34.7 Å². The summed E-state index contributed by atoms with van der Waals surface area (Å²) >= 11 is 0. The first-order valence-corrected chi connectivity index (χ1v) is 3.17. The molecule has 0 aliphatic carbocycles. The molecule has 11 heavy (non-hydrogen) atoms. The lowest BCUT2D eigenvalue weighted by Gasteiger charge is -1.90. The molecule has 0 radical (unpaired) electrons. The van der Waals surface area contributed by atoms with E-state index >= 15 is 0 Å². The summed E-state index contributed by atoms with van der Waals surface area (Å²) in [4.78, 5) is 13.9. The summed E-state index contributed by atoms with van der Waals surface area (Å²) in [6.07, 6.45) is 3.13. The molecule has 54 valence electrons. The first-order chi connectivity index (χ1) is 5.38. The fraction of sp³-hybridized carbons (Fsp3) is 0. The Morgan fingerprint density at radius 1 is 1.36 bits per heavy atom. The highest BCUT2D eigenvalue weighted by Gasteiger charge is 1.95. The molecule has 0 bridgehead atoms. The Kier molecular flexibility index (Phi) is 1.18. The average molecular weight is 147 g/mol. The van der Waals surface area contributed by atoms with Crippen LogP contribution in [0.25, 0.3) is 11.0 Å². The van der Waals surface area contributed by atoms with Crippen molar-refractivity contribution in [3.8, 4) is 0 Å². The first kappa shape index (κ1) is 6.03. The summed E-state index contributed by atoms with van der Waals surface area (Å²) in [6, 6.07) is 3.14. The van der Waals surface area contributed by atoms with Crippen LogP contribution in [-0.4, -0.2) is 15.2 Å². The van der Waals surface area contributed by atoms with Gasteiger partial charge >= 0.3 is 0 Å². The van der Waals surface area contributed by atoms with Gasteiger partial charge < -0.3 is 4.98 Å². The SMILES string of the molecule is O=c1cc[nH]c2ccnnc12. The molecule has 0 fully saturated rings. The standard InChI is InChI=1S/C7H5N3O/c11-6-2-3-8-5-1-4-9-10-7(5)6/h1-4H,(H,8,11). The van der Waals surface area contributed by atoms with Crippen molar-refractivity contribution in [1.82, 2.24) is 15.2 Å². The van der Waals surface area contributed by atoms with Crippen molar-refractivity contribution in [2.45, 2.75) is 0 Å². The second-order valence-corrected chi connectivity index (χ2v) is 2.14. The molecule has 0 unspecified atom stereocenters. The zero-order valence-corrected chi connectivity index (χ0v) is 5.61. The van der Waals surface area contributed by atoms with Gasteiger partial charge in [0.2, 0.25) is 5.43 Å². The number of hydrogen-bond acceptors (Lipinski definition) is 3. The van der Waals surface area contributed by atoms with E-state index in [2.05, 4.69) is 15.2 Å². The summed E-state index contributed by atoms with van der Waals surface area (Å²) in [7, 11) is 0. The first-order valence-electron chi connectivity index (χ1n) is 3.17. The van der Waals surface area contributed by atoms with Crippen LogP contribution in [0.3, 0.4) is 0 Å². The van der Waals surface area contributed by atoms with Crippen LogP contribution in [0.5, 0.6) is 0 Å². The maximum atomic E-state index is 11.1. The Morgan fingerprint density at radius 3 is 3.09 bits per heavy atom. The van der Waals surface area contributed by atoms with Crippen molar-refractivity contribution in [2.24, 2.45) is 0 Å². The number of hydrogen-bond donors (Lipinski definition) is 1. The molecule has 2 aromatic rings. The van der Waals surface area contributed by atoms with Gasteiger partial charge in [0, 0.05) is 12.3 Å². The van der Waals surface area contributed by atoms with Crippen LogP contribution >= 0.6 is 0 Å². The molecule has 0 atom stereocenters. The zero-order valence-electron chi connectivity index (χ0n) is 5.61. The topological polar surface area (TPSA) is 58.6 Å². The van der Waals surface area contributed by atoms with Gasteiger partial charge in [0.25, 0.3) is 0 Å². The van der Waals surface area contributed by atoms with Gasteiger partial charge in [-0.05, 0) is 6.07 Å². The van der Waals surface area contributed by atoms with E-state index in [1.165, 1.54) is 12.3 Å². The molecule has 0 amide bonds. The Balaban J connectivity index is 3.03. The Labute approximate surface area is 61.9 Å². The molecule has 4 nitrogen and oxygen atoms in total. The van der Waals surface area contributed by atoms with Crippen LogP contribution < -0.4 is 5.43 Å². The van der Waals surface area contributed by atoms with Crippen LogP contribution in [0.4, 0.5) is 0 Å². The van der Waals surface area contributed by atoms with Gasteiger partial charge in [0.15, 0.2) is 5.52 Å². The normalized spacial score (nSPS) is 10.2. The predicted octanol–water partition coefficient (Wildman–Crippen LogP) is 0.318. The molecule has 0 aromatic carbocycles. The molecule has 2 rings (SSSR count). The van der Waals surface area contributed by atoms with E-state index in [1.54, 1.807) is 12.3 Å². The van der Waals surface area contributed by atoms with E-state index in [4.69, 9.17) is 0 Å². The summed E-state index contributed by atoms with van der Waals surface area (Å²) in [6.45, 7) is 0. The van der Waals surface area contributed by atoms with Gasteiger partial charge in [-0.3, -0.25) is 4.79 Å². The number of nitrogens with one attached hydrogen (secondary N) is 1. The van der Waals surface area contributed by atoms with Crippen LogP contribution in [0, 0.1) is 0 Å². The second kappa shape index (κ2) is 2.16. The van der Waals surface area contributed by atoms with E-state index < -0.39 is 0 Å². The highest BCUT2D eigenvalue weighted by atomic mass is 16.1. The van der Waals surface area contributed by atoms with E-state index in [0.717, 1.165) is 0 Å². The molecule has 4 heteroatoms. The minimum atomic E-state index is -0.105. The minimum Gasteiger partial charge on any atom is -0.360 e. The number of nitrogens with zero attached hydrogens (tertiary/aromatic N) is 2. The van der Waals surface area contributed by atoms with E-state index in [9.17, 15) is 4.79 Å². The lowest BCUT2D eigenvalue weighted by Crippen LogP contribution is -2.02. The molecule has 0 aliphatic heterocycles. The summed E-state index contributed by atoms with van der Waals surface area (Å²) < 4.78 is 0. The van der Waals surface area contributed by atoms with Crippen molar-refractivity contribution in [3.63, 3.8) is 0 Å². The van der Waals surface area contributed by atoms with E-state index in [-0.39, 0.29) is 5.43 Å². The van der Waals surface area contributed by atoms with Crippen LogP contribution in [0.1, 0.15) is 0 Å². The minimum absolute atomic E-state index is 0.105. The largest absolute Gasteiger partial charge is 0.360 e. The number of rotatable bonds is 0. The highest BCUT2D eigenvalue weighted by molar-refractivity contribution is 5.71. The van der Waals surface area contributed by atoms with Crippen molar-refractivity contribution >= 4 is 11.0 Å². The maximum Gasteiger partial charge on any atom is 0.209 e. The lowest BCUT2D eigenvalue weighted by atomic mass is 10.3. The van der Waals surface area contributed by atoms with Crippen molar-refractivity contribution in [1.29, 1.82) is 0 Å². The number of H-pyrrole nitrogens is 1. The third-order valence-corrected chi connectivity index (χ3v) is 1.43. The lowest BCUT2D eigenvalue weighted by molar-refractivity contribution is 1.06. The van der Waals surface area contributed by atoms with Gasteiger partial charge in [0.1, 0.15) is 0 Å². The van der Waals surface area contributed by atoms with Crippen LogP contribution in [-0.2, 0) is 0 Å². The number of fused-ring (bicyclic) bond motifs is 1. The smallest absolute Gasteiger partial charge is 0.209 e. The third-order valence-electron chi connectivity index (χ3n) is 1.43. The molecule has 0 spiro atoms. The third kappa shape index (κ3) is 0.881. The predicted molar refractivity (Wildman–Crippen MR) is 40.2 cm³/mol. The van der Waals surface area contributed by atoms with Gasteiger partial charge in [0.05, 0.1) is 11.7 Å². The molecule has 2 heterocycles. The molecule has 2 aromatic heterocycles. The number of aromatic nitrogens is 3. The fourth-order valence-corrected chi connectivity index (χ4v) is 0.916.